The van der Waals surface area contributed by atoms with Crippen LogP contribution in [0, 0.1) is 11.8 Å². The molecular weight excluding hydrogens is 372 g/mol. The maximum Gasteiger partial charge on any atom is 0.327 e. The lowest BCUT2D eigenvalue weighted by atomic mass is 9.76. The van der Waals surface area contributed by atoms with E-state index < -0.39 is 35.3 Å². The van der Waals surface area contributed by atoms with E-state index in [4.69, 9.17) is 4.74 Å². The van der Waals surface area contributed by atoms with E-state index in [1.165, 1.54) is 26.3 Å². The number of likely N-dealkylation sites (tertiary alicyclic amines) is 1. The monoisotopic (exact) mass is 394 g/mol. The molecule has 2 aliphatic heterocycles. The molecule has 0 saturated carbocycles. The lowest BCUT2D eigenvalue weighted by molar-refractivity contribution is -0.153. The summed E-state index contributed by atoms with van der Waals surface area (Å²) >= 11 is 0. The van der Waals surface area contributed by atoms with Crippen molar-refractivity contribution >= 4 is 17.8 Å². The van der Waals surface area contributed by atoms with Crippen molar-refractivity contribution in [2.75, 3.05) is 14.2 Å². The molecule has 2 fully saturated rings. The fourth-order valence-electron chi connectivity index (χ4n) is 4.64. The minimum absolute atomic E-state index is 0.0951. The van der Waals surface area contributed by atoms with E-state index in [-0.39, 0.29) is 18.1 Å². The lowest BCUT2D eigenvalue weighted by Crippen LogP contribution is -2.57. The number of carbonyl (C=O) groups excluding carboxylic acids is 3. The number of hydrogen-bond acceptors (Lipinski definition) is 6. The molecular formula is C22H22N2O5. The highest BCUT2D eigenvalue weighted by Crippen LogP contribution is 2.50. The van der Waals surface area contributed by atoms with Gasteiger partial charge in [-0.15, -0.1) is 0 Å². The molecule has 2 saturated heterocycles. The van der Waals surface area contributed by atoms with Gasteiger partial charge in [-0.1, -0.05) is 42.5 Å². The molecule has 2 amide bonds. The van der Waals surface area contributed by atoms with Gasteiger partial charge in [0.15, 0.2) is 0 Å². The molecule has 4 rings (SSSR count). The van der Waals surface area contributed by atoms with Gasteiger partial charge in [0.2, 0.25) is 11.8 Å². The van der Waals surface area contributed by atoms with Crippen LogP contribution in [0.3, 0.4) is 0 Å². The third-order valence-electron chi connectivity index (χ3n) is 6.00. The number of carbonyl (C=O) groups is 3. The summed E-state index contributed by atoms with van der Waals surface area (Å²) in [5, 5.41) is 12.9. The summed E-state index contributed by atoms with van der Waals surface area (Å²) in [7, 11) is 2.73. The summed E-state index contributed by atoms with van der Waals surface area (Å²) in [5.41, 5.74) is 0.194. The number of aromatic hydroxyl groups is 1. The molecule has 0 aromatic heterocycles. The minimum Gasteiger partial charge on any atom is -0.508 e. The van der Waals surface area contributed by atoms with Crippen LogP contribution in [0.4, 0.5) is 0 Å². The number of phenols is 1. The Morgan fingerprint density at radius 3 is 2.38 bits per heavy atom. The van der Waals surface area contributed by atoms with Gasteiger partial charge >= 0.3 is 5.97 Å². The van der Waals surface area contributed by atoms with Crippen molar-refractivity contribution < 1.29 is 24.2 Å². The third-order valence-corrected chi connectivity index (χ3v) is 6.00. The second-order valence-electron chi connectivity index (χ2n) is 7.58. The molecule has 0 aliphatic carbocycles. The molecule has 2 aromatic carbocycles. The summed E-state index contributed by atoms with van der Waals surface area (Å²) in [6.07, 6.45) is 0.211. The highest BCUT2D eigenvalue weighted by molar-refractivity contribution is 6.09. The number of benzene rings is 2. The maximum absolute atomic E-state index is 13.1. The Labute approximate surface area is 168 Å². The van der Waals surface area contributed by atoms with E-state index in [1.807, 2.05) is 30.3 Å². The van der Waals surface area contributed by atoms with Crippen LogP contribution in [-0.4, -0.2) is 47.5 Å². The van der Waals surface area contributed by atoms with E-state index in [1.54, 1.807) is 12.1 Å². The van der Waals surface area contributed by atoms with Gasteiger partial charge in [-0.25, -0.2) is 0 Å². The summed E-state index contributed by atoms with van der Waals surface area (Å²) in [6, 6.07) is 15.2. The smallest absolute Gasteiger partial charge is 0.327 e. The Bertz CT molecular complexity index is 959. The van der Waals surface area contributed by atoms with Crippen molar-refractivity contribution in [1.29, 1.82) is 0 Å². The van der Waals surface area contributed by atoms with Gasteiger partial charge in [-0.2, -0.15) is 0 Å². The number of hydrogen-bond donors (Lipinski definition) is 2. The first-order chi connectivity index (χ1) is 13.9. The molecule has 29 heavy (non-hydrogen) atoms. The molecule has 0 bridgehead atoms. The number of rotatable bonds is 4. The van der Waals surface area contributed by atoms with Crippen LogP contribution in [0.5, 0.6) is 5.75 Å². The Hall–Kier alpha value is -3.19. The number of fused-ring (bicyclic) bond motifs is 1. The molecule has 7 heteroatoms. The number of nitrogens with zero attached hydrogens (tertiary/aromatic N) is 1. The first kappa shape index (κ1) is 19.1. The Morgan fingerprint density at radius 1 is 1.10 bits per heavy atom. The van der Waals surface area contributed by atoms with Crippen molar-refractivity contribution in [3.8, 4) is 5.75 Å². The Morgan fingerprint density at radius 2 is 1.76 bits per heavy atom. The molecule has 0 spiro atoms. The average molecular weight is 394 g/mol. The van der Waals surface area contributed by atoms with Gasteiger partial charge in [0, 0.05) is 19.5 Å². The molecule has 0 radical (unpaired) electrons. The lowest BCUT2D eigenvalue weighted by Gasteiger charge is -2.32. The zero-order chi connectivity index (χ0) is 20.8. The van der Waals surface area contributed by atoms with E-state index in [9.17, 15) is 19.5 Å². The number of esters is 1. The molecule has 150 valence electrons. The number of nitrogens with one attached hydrogen (secondary N) is 1. The fourth-order valence-corrected chi connectivity index (χ4v) is 4.64. The summed E-state index contributed by atoms with van der Waals surface area (Å²) < 4.78 is 5.12. The topological polar surface area (TPSA) is 95.9 Å². The van der Waals surface area contributed by atoms with Gasteiger partial charge in [-0.3, -0.25) is 24.6 Å². The predicted molar refractivity (Wildman–Crippen MR) is 104 cm³/mol. The SMILES string of the molecule is COC(=O)[C@]1(Cc2ccccc2)N[C@H](c2ccc(O)cc2)[C@H]2C(=O)N(C)C(=O)[C@H]21. The van der Waals surface area contributed by atoms with Crippen molar-refractivity contribution in [3.05, 3.63) is 65.7 Å². The van der Waals surface area contributed by atoms with E-state index in [2.05, 4.69) is 5.32 Å². The number of ether oxygens (including phenoxy) is 1. The van der Waals surface area contributed by atoms with Crippen LogP contribution in [0.1, 0.15) is 17.2 Å². The largest absolute Gasteiger partial charge is 0.508 e. The molecule has 2 aromatic rings. The van der Waals surface area contributed by atoms with Crippen molar-refractivity contribution in [2.45, 2.75) is 18.0 Å². The molecule has 4 atom stereocenters. The Kier molecular flexibility index (Phi) is 4.62. The average Bonchev–Trinajstić information content (AvgIpc) is 3.19. The minimum atomic E-state index is -1.37. The fraction of sp³-hybridized carbons (Fsp3) is 0.318. The van der Waals surface area contributed by atoms with E-state index in [0.29, 0.717) is 5.56 Å². The van der Waals surface area contributed by atoms with Gasteiger partial charge in [0.1, 0.15) is 11.3 Å². The first-order valence-corrected chi connectivity index (χ1v) is 9.39. The summed E-state index contributed by atoms with van der Waals surface area (Å²) in [5.74, 6) is -2.82. The van der Waals surface area contributed by atoms with Crippen molar-refractivity contribution in [1.82, 2.24) is 10.2 Å². The number of methoxy groups -OCH3 is 1. The van der Waals surface area contributed by atoms with Gasteiger partial charge < -0.3 is 9.84 Å². The summed E-state index contributed by atoms with van der Waals surface area (Å²) in [6.45, 7) is 0. The second kappa shape index (κ2) is 7.00. The Balaban J connectivity index is 1.85. The second-order valence-corrected chi connectivity index (χ2v) is 7.58. The third kappa shape index (κ3) is 2.89. The van der Waals surface area contributed by atoms with E-state index >= 15 is 0 Å². The predicted octanol–water partition coefficient (Wildman–Crippen LogP) is 1.42. The highest BCUT2D eigenvalue weighted by atomic mass is 16.5. The zero-order valence-electron chi connectivity index (χ0n) is 16.2. The zero-order valence-corrected chi connectivity index (χ0v) is 16.2. The first-order valence-electron chi connectivity index (χ1n) is 9.39. The summed E-state index contributed by atoms with van der Waals surface area (Å²) in [4.78, 5) is 40.2. The van der Waals surface area contributed by atoms with Crippen LogP contribution in [-0.2, 0) is 25.5 Å². The molecule has 2 aliphatic rings. The number of imide groups is 1. The van der Waals surface area contributed by atoms with Gasteiger partial charge in [-0.05, 0) is 23.3 Å². The maximum atomic E-state index is 13.1. The van der Waals surface area contributed by atoms with Crippen LogP contribution in [0.2, 0.25) is 0 Å². The number of phenolic OH excluding ortho intramolecular Hbond substituents is 1. The van der Waals surface area contributed by atoms with Crippen molar-refractivity contribution in [2.24, 2.45) is 11.8 Å². The van der Waals surface area contributed by atoms with Crippen LogP contribution < -0.4 is 5.32 Å². The normalized spacial score (nSPS) is 28.5. The van der Waals surface area contributed by atoms with E-state index in [0.717, 1.165) is 10.5 Å². The van der Waals surface area contributed by atoms with Crippen LogP contribution >= 0.6 is 0 Å². The molecule has 2 N–H and O–H groups in total. The van der Waals surface area contributed by atoms with Gasteiger partial charge in [0.25, 0.3) is 0 Å². The molecule has 0 unspecified atom stereocenters. The van der Waals surface area contributed by atoms with Crippen molar-refractivity contribution in [3.63, 3.8) is 0 Å². The molecule has 2 heterocycles. The number of amides is 2. The standard InChI is InChI=1S/C22H22N2O5/c1-24-19(26)16-17(20(24)27)22(21(28)29-2,12-13-6-4-3-5-7-13)23-18(16)14-8-10-15(25)11-9-14/h3-11,16-18,23,25H,12H2,1-2H3/t16-,17-,18+,22+/m0/s1. The van der Waals surface area contributed by atoms with Crippen LogP contribution in [0.15, 0.2) is 54.6 Å². The van der Waals surface area contributed by atoms with Gasteiger partial charge in [0.05, 0.1) is 18.9 Å². The highest BCUT2D eigenvalue weighted by Gasteiger charge is 2.68. The quantitative estimate of drug-likeness (QED) is 0.602. The van der Waals surface area contributed by atoms with Crippen LogP contribution in [0.25, 0.3) is 0 Å². The molecule has 7 nitrogen and oxygen atoms in total.